The summed E-state index contributed by atoms with van der Waals surface area (Å²) in [6, 6.07) is 7.59. The summed E-state index contributed by atoms with van der Waals surface area (Å²) in [4.78, 5) is 28.6. The van der Waals surface area contributed by atoms with Gasteiger partial charge in [0.25, 0.3) is 5.91 Å². The molecule has 1 fully saturated rings. The van der Waals surface area contributed by atoms with Gasteiger partial charge < -0.3 is 15.1 Å². The standard InChI is InChI=1S/C19H29N3O2/c1-5-21-10-12-22(13-11-21)17(23)14-20-18(24)15-6-8-16(9-7-15)19(2,3)4/h6-9H,5,10-14H2,1-4H3,(H,20,24). The summed E-state index contributed by atoms with van der Waals surface area (Å²) in [5.74, 6) is -0.207. The van der Waals surface area contributed by atoms with Crippen molar-refractivity contribution in [1.29, 1.82) is 0 Å². The van der Waals surface area contributed by atoms with E-state index in [0.29, 0.717) is 5.56 Å². The molecule has 0 aliphatic carbocycles. The fraction of sp³-hybridized carbons (Fsp3) is 0.579. The summed E-state index contributed by atoms with van der Waals surface area (Å²) in [6.07, 6.45) is 0. The number of nitrogens with one attached hydrogen (secondary N) is 1. The molecule has 0 atom stereocenters. The number of nitrogens with zero attached hydrogens (tertiary/aromatic N) is 2. The molecule has 1 saturated heterocycles. The molecule has 24 heavy (non-hydrogen) atoms. The third kappa shape index (κ3) is 4.81. The maximum Gasteiger partial charge on any atom is 0.251 e. The molecule has 0 bridgehead atoms. The van der Waals surface area contributed by atoms with E-state index in [4.69, 9.17) is 0 Å². The second-order valence-electron chi connectivity index (χ2n) is 7.33. The van der Waals surface area contributed by atoms with Crippen molar-refractivity contribution < 1.29 is 9.59 Å². The van der Waals surface area contributed by atoms with Gasteiger partial charge in [-0.2, -0.15) is 0 Å². The van der Waals surface area contributed by atoms with Gasteiger partial charge in [-0.3, -0.25) is 9.59 Å². The normalized spacial score (nSPS) is 16.1. The predicted molar refractivity (Wildman–Crippen MR) is 96.2 cm³/mol. The van der Waals surface area contributed by atoms with Gasteiger partial charge in [-0.15, -0.1) is 0 Å². The van der Waals surface area contributed by atoms with Crippen LogP contribution in [0.3, 0.4) is 0 Å². The molecule has 1 aliphatic rings. The Bertz CT molecular complexity index is 567. The molecule has 1 aromatic rings. The van der Waals surface area contributed by atoms with E-state index >= 15 is 0 Å². The topological polar surface area (TPSA) is 52.6 Å². The van der Waals surface area contributed by atoms with Crippen molar-refractivity contribution >= 4 is 11.8 Å². The minimum absolute atomic E-state index is 0.00888. The summed E-state index contributed by atoms with van der Waals surface area (Å²) >= 11 is 0. The first-order chi connectivity index (χ1) is 11.3. The number of benzene rings is 1. The molecule has 2 amide bonds. The van der Waals surface area contributed by atoms with Gasteiger partial charge in [0, 0.05) is 31.7 Å². The first kappa shape index (κ1) is 18.5. The third-order valence-corrected chi connectivity index (χ3v) is 4.59. The van der Waals surface area contributed by atoms with Crippen molar-refractivity contribution in [3.8, 4) is 0 Å². The number of hydrogen-bond acceptors (Lipinski definition) is 3. The van der Waals surface area contributed by atoms with Crippen LogP contribution in [-0.4, -0.2) is 60.9 Å². The van der Waals surface area contributed by atoms with Crippen molar-refractivity contribution in [2.24, 2.45) is 0 Å². The minimum atomic E-state index is -0.198. The van der Waals surface area contributed by atoms with Gasteiger partial charge in [-0.1, -0.05) is 39.8 Å². The zero-order valence-electron chi connectivity index (χ0n) is 15.3. The number of amides is 2. The Kier molecular flexibility index (Phi) is 5.99. The molecular formula is C19H29N3O2. The Hall–Kier alpha value is -1.88. The summed E-state index contributed by atoms with van der Waals surface area (Å²) in [6.45, 7) is 12.9. The van der Waals surface area contributed by atoms with Crippen LogP contribution in [0, 0.1) is 0 Å². The van der Waals surface area contributed by atoms with Crippen LogP contribution < -0.4 is 5.32 Å². The number of carbonyl (C=O) groups is 2. The van der Waals surface area contributed by atoms with Gasteiger partial charge in [0.1, 0.15) is 0 Å². The quantitative estimate of drug-likeness (QED) is 0.916. The van der Waals surface area contributed by atoms with Crippen LogP contribution >= 0.6 is 0 Å². The average Bonchev–Trinajstić information content (AvgIpc) is 2.58. The van der Waals surface area contributed by atoms with Crippen LogP contribution in [0.25, 0.3) is 0 Å². The van der Waals surface area contributed by atoms with Crippen molar-refractivity contribution in [2.45, 2.75) is 33.1 Å². The molecule has 5 nitrogen and oxygen atoms in total. The highest BCUT2D eigenvalue weighted by atomic mass is 16.2. The largest absolute Gasteiger partial charge is 0.343 e. The van der Waals surface area contributed by atoms with Crippen LogP contribution in [0.15, 0.2) is 24.3 Å². The summed E-state index contributed by atoms with van der Waals surface area (Å²) < 4.78 is 0. The molecule has 1 N–H and O–H groups in total. The third-order valence-electron chi connectivity index (χ3n) is 4.59. The van der Waals surface area contributed by atoms with E-state index in [2.05, 4.69) is 37.9 Å². The predicted octanol–water partition coefficient (Wildman–Crippen LogP) is 1.88. The SMILES string of the molecule is CCN1CCN(C(=O)CNC(=O)c2ccc(C(C)(C)C)cc2)CC1. The molecule has 0 radical (unpaired) electrons. The molecule has 1 aliphatic heterocycles. The van der Waals surface area contributed by atoms with E-state index in [0.717, 1.165) is 32.7 Å². The molecule has 0 spiro atoms. The van der Waals surface area contributed by atoms with Gasteiger partial charge >= 0.3 is 0 Å². The lowest BCUT2D eigenvalue weighted by Gasteiger charge is -2.34. The van der Waals surface area contributed by atoms with E-state index in [-0.39, 0.29) is 23.8 Å². The summed E-state index contributed by atoms with van der Waals surface area (Å²) in [5.41, 5.74) is 1.83. The molecule has 0 unspecified atom stereocenters. The second-order valence-corrected chi connectivity index (χ2v) is 7.33. The minimum Gasteiger partial charge on any atom is -0.343 e. The molecule has 1 heterocycles. The smallest absolute Gasteiger partial charge is 0.251 e. The maximum atomic E-state index is 12.2. The number of piperazine rings is 1. The number of likely N-dealkylation sites (N-methyl/N-ethyl adjacent to an activating group) is 1. The van der Waals surface area contributed by atoms with E-state index in [1.165, 1.54) is 5.56 Å². The van der Waals surface area contributed by atoms with Gasteiger partial charge in [-0.25, -0.2) is 0 Å². The number of carbonyl (C=O) groups excluding carboxylic acids is 2. The van der Waals surface area contributed by atoms with E-state index in [1.807, 2.05) is 29.2 Å². The Morgan fingerprint density at radius 3 is 2.12 bits per heavy atom. The zero-order chi connectivity index (χ0) is 17.7. The Morgan fingerprint density at radius 2 is 1.62 bits per heavy atom. The van der Waals surface area contributed by atoms with E-state index in [9.17, 15) is 9.59 Å². The molecule has 2 rings (SSSR count). The Balaban J connectivity index is 1.83. The monoisotopic (exact) mass is 331 g/mol. The van der Waals surface area contributed by atoms with Crippen molar-refractivity contribution in [3.63, 3.8) is 0 Å². The zero-order valence-corrected chi connectivity index (χ0v) is 15.3. The first-order valence-electron chi connectivity index (χ1n) is 8.70. The van der Waals surface area contributed by atoms with Crippen LogP contribution in [0.1, 0.15) is 43.6 Å². The fourth-order valence-corrected chi connectivity index (χ4v) is 2.80. The molecular weight excluding hydrogens is 302 g/mol. The molecule has 0 aromatic heterocycles. The summed E-state index contributed by atoms with van der Waals surface area (Å²) in [5, 5.41) is 2.74. The van der Waals surface area contributed by atoms with E-state index in [1.54, 1.807) is 0 Å². The van der Waals surface area contributed by atoms with Crippen LogP contribution in [0.4, 0.5) is 0 Å². The van der Waals surface area contributed by atoms with Crippen molar-refractivity contribution in [2.75, 3.05) is 39.3 Å². The van der Waals surface area contributed by atoms with Gasteiger partial charge in [0.2, 0.25) is 5.91 Å². The van der Waals surface area contributed by atoms with E-state index < -0.39 is 0 Å². The molecule has 5 heteroatoms. The fourth-order valence-electron chi connectivity index (χ4n) is 2.80. The summed E-state index contributed by atoms with van der Waals surface area (Å²) in [7, 11) is 0. The lowest BCUT2D eigenvalue weighted by atomic mass is 9.87. The van der Waals surface area contributed by atoms with Crippen LogP contribution in [0.5, 0.6) is 0 Å². The highest BCUT2D eigenvalue weighted by molar-refractivity contribution is 5.96. The Morgan fingerprint density at radius 1 is 1.04 bits per heavy atom. The number of hydrogen-bond donors (Lipinski definition) is 1. The maximum absolute atomic E-state index is 12.2. The van der Waals surface area contributed by atoms with Crippen LogP contribution in [0.2, 0.25) is 0 Å². The Labute approximate surface area is 145 Å². The van der Waals surface area contributed by atoms with Crippen molar-refractivity contribution in [3.05, 3.63) is 35.4 Å². The second kappa shape index (κ2) is 7.79. The lowest BCUT2D eigenvalue weighted by molar-refractivity contribution is -0.131. The van der Waals surface area contributed by atoms with Gasteiger partial charge in [0.05, 0.1) is 6.54 Å². The number of rotatable bonds is 4. The highest BCUT2D eigenvalue weighted by Crippen LogP contribution is 2.22. The molecule has 132 valence electrons. The van der Waals surface area contributed by atoms with Crippen molar-refractivity contribution in [1.82, 2.24) is 15.1 Å². The van der Waals surface area contributed by atoms with Gasteiger partial charge in [-0.05, 0) is 29.7 Å². The highest BCUT2D eigenvalue weighted by Gasteiger charge is 2.20. The van der Waals surface area contributed by atoms with Crippen LogP contribution in [-0.2, 0) is 10.2 Å². The molecule has 0 saturated carbocycles. The molecule has 1 aromatic carbocycles. The van der Waals surface area contributed by atoms with Gasteiger partial charge in [0.15, 0.2) is 0 Å². The average molecular weight is 331 g/mol. The lowest BCUT2D eigenvalue weighted by Crippen LogP contribution is -2.51. The first-order valence-corrected chi connectivity index (χ1v) is 8.70.